The van der Waals surface area contributed by atoms with Gasteiger partial charge in [0.2, 0.25) is 5.91 Å². The average Bonchev–Trinajstić information content (AvgIpc) is 3.07. The molecule has 1 saturated carbocycles. The lowest BCUT2D eigenvalue weighted by atomic mass is 10.0. The fourth-order valence-electron chi connectivity index (χ4n) is 2.40. The number of carbonyl (C=O) groups is 1. The molecule has 2 rings (SSSR count). The van der Waals surface area contributed by atoms with Crippen LogP contribution in [0.3, 0.4) is 0 Å². The zero-order valence-electron chi connectivity index (χ0n) is 12.3. The molecule has 1 heterocycles. The molecule has 1 aliphatic rings. The Morgan fingerprint density at radius 1 is 1.55 bits per heavy atom. The summed E-state index contributed by atoms with van der Waals surface area (Å²) >= 11 is 0. The first-order valence-corrected chi connectivity index (χ1v) is 7.23. The summed E-state index contributed by atoms with van der Waals surface area (Å²) in [6.45, 7) is 4.62. The molecular formula is C14H24N4O2. The Balaban J connectivity index is 2.00. The molecule has 0 saturated heterocycles. The van der Waals surface area contributed by atoms with E-state index >= 15 is 0 Å². The second-order valence-corrected chi connectivity index (χ2v) is 5.77. The van der Waals surface area contributed by atoms with Crippen LogP contribution in [0.4, 0.5) is 0 Å². The van der Waals surface area contributed by atoms with E-state index in [0.717, 1.165) is 12.8 Å². The van der Waals surface area contributed by atoms with Gasteiger partial charge in [-0.1, -0.05) is 12.8 Å². The fourth-order valence-corrected chi connectivity index (χ4v) is 2.40. The van der Waals surface area contributed by atoms with Crippen molar-refractivity contribution in [3.8, 4) is 5.75 Å². The Morgan fingerprint density at radius 3 is 2.90 bits per heavy atom. The molecule has 112 valence electrons. The van der Waals surface area contributed by atoms with Gasteiger partial charge in [-0.05, 0) is 26.7 Å². The number of nitrogens with one attached hydrogen (secondary N) is 1. The van der Waals surface area contributed by atoms with Gasteiger partial charge in [-0.25, -0.2) is 0 Å². The predicted octanol–water partition coefficient (Wildman–Crippen LogP) is 1.01. The molecule has 1 amide bonds. The van der Waals surface area contributed by atoms with Crippen LogP contribution in [0.1, 0.15) is 39.5 Å². The Kier molecular flexibility index (Phi) is 4.65. The molecule has 0 atom stereocenters. The first-order chi connectivity index (χ1) is 9.54. The van der Waals surface area contributed by atoms with Crippen LogP contribution in [0.2, 0.25) is 0 Å². The van der Waals surface area contributed by atoms with Crippen LogP contribution in [-0.2, 0) is 10.3 Å². The van der Waals surface area contributed by atoms with E-state index in [1.54, 1.807) is 17.1 Å². The molecule has 1 aromatic heterocycles. The van der Waals surface area contributed by atoms with Gasteiger partial charge < -0.3 is 15.8 Å². The summed E-state index contributed by atoms with van der Waals surface area (Å²) in [5, 5.41) is 7.34. The number of carbonyl (C=O) groups excluding carboxylic acids is 1. The predicted molar refractivity (Wildman–Crippen MR) is 76.5 cm³/mol. The van der Waals surface area contributed by atoms with Crippen molar-refractivity contribution in [1.82, 2.24) is 15.1 Å². The van der Waals surface area contributed by atoms with Crippen LogP contribution in [0.25, 0.3) is 0 Å². The summed E-state index contributed by atoms with van der Waals surface area (Å²) < 4.78 is 7.05. The number of rotatable bonds is 6. The number of hydrogen-bond acceptors (Lipinski definition) is 4. The molecule has 1 aromatic rings. The lowest BCUT2D eigenvalue weighted by molar-refractivity contribution is -0.129. The van der Waals surface area contributed by atoms with E-state index in [2.05, 4.69) is 10.4 Å². The Bertz CT molecular complexity index is 450. The molecule has 0 unspecified atom stereocenters. The topological polar surface area (TPSA) is 82.2 Å². The van der Waals surface area contributed by atoms with E-state index in [9.17, 15) is 4.79 Å². The van der Waals surface area contributed by atoms with Gasteiger partial charge in [0.1, 0.15) is 12.1 Å². The Labute approximate surface area is 119 Å². The maximum absolute atomic E-state index is 12.4. The van der Waals surface area contributed by atoms with Crippen molar-refractivity contribution in [2.75, 3.05) is 13.2 Å². The minimum Gasteiger partial charge on any atom is -0.489 e. The van der Waals surface area contributed by atoms with E-state index in [4.69, 9.17) is 10.5 Å². The van der Waals surface area contributed by atoms with E-state index < -0.39 is 5.54 Å². The lowest BCUT2D eigenvalue weighted by Gasteiger charge is -2.26. The second kappa shape index (κ2) is 6.26. The van der Waals surface area contributed by atoms with Gasteiger partial charge in [0.25, 0.3) is 0 Å². The summed E-state index contributed by atoms with van der Waals surface area (Å²) in [6.07, 6.45) is 7.90. The summed E-state index contributed by atoms with van der Waals surface area (Å²) in [4.78, 5) is 12.4. The smallest absolute Gasteiger partial charge is 0.247 e. The van der Waals surface area contributed by atoms with Crippen molar-refractivity contribution in [3.05, 3.63) is 12.4 Å². The third-order valence-corrected chi connectivity index (χ3v) is 3.76. The SMILES string of the molecule is CC(C)(C(=O)NC1CCCC1)n1cc(OCCN)cn1. The monoisotopic (exact) mass is 280 g/mol. The average molecular weight is 280 g/mol. The number of ether oxygens (including phenoxy) is 1. The van der Waals surface area contributed by atoms with Gasteiger partial charge in [-0.2, -0.15) is 5.10 Å². The molecule has 6 nitrogen and oxygen atoms in total. The maximum atomic E-state index is 12.4. The standard InChI is InChI=1S/C14H24N4O2/c1-14(2,13(19)17-11-5-3-4-6-11)18-10-12(9-16-18)20-8-7-15/h9-11H,3-8,15H2,1-2H3,(H,17,19). The van der Waals surface area contributed by atoms with Gasteiger partial charge in [0, 0.05) is 12.6 Å². The molecule has 1 fully saturated rings. The molecule has 6 heteroatoms. The molecule has 0 radical (unpaired) electrons. The quantitative estimate of drug-likeness (QED) is 0.815. The van der Waals surface area contributed by atoms with Crippen LogP contribution < -0.4 is 15.8 Å². The van der Waals surface area contributed by atoms with Gasteiger partial charge in [-0.15, -0.1) is 0 Å². The van der Waals surface area contributed by atoms with Crippen molar-refractivity contribution < 1.29 is 9.53 Å². The number of aromatic nitrogens is 2. The van der Waals surface area contributed by atoms with Crippen molar-refractivity contribution in [1.29, 1.82) is 0 Å². The van der Waals surface area contributed by atoms with Crippen molar-refractivity contribution in [3.63, 3.8) is 0 Å². The molecule has 0 aromatic carbocycles. The summed E-state index contributed by atoms with van der Waals surface area (Å²) in [7, 11) is 0. The first kappa shape index (κ1) is 14.8. The highest BCUT2D eigenvalue weighted by Crippen LogP contribution is 2.22. The summed E-state index contributed by atoms with van der Waals surface area (Å²) in [5.41, 5.74) is 4.66. The van der Waals surface area contributed by atoms with Crippen LogP contribution in [0, 0.1) is 0 Å². The molecule has 1 aliphatic carbocycles. The molecule has 0 aliphatic heterocycles. The normalized spacial score (nSPS) is 16.4. The summed E-state index contributed by atoms with van der Waals surface area (Å²) in [5.74, 6) is 0.634. The molecule has 3 N–H and O–H groups in total. The third kappa shape index (κ3) is 3.30. The van der Waals surface area contributed by atoms with Crippen molar-refractivity contribution >= 4 is 5.91 Å². The minimum absolute atomic E-state index is 0.00197. The number of nitrogens with two attached hydrogens (primary N) is 1. The van der Waals surface area contributed by atoms with Crippen LogP contribution in [-0.4, -0.2) is 34.9 Å². The van der Waals surface area contributed by atoms with Crippen LogP contribution >= 0.6 is 0 Å². The maximum Gasteiger partial charge on any atom is 0.247 e. The molecule has 0 spiro atoms. The van der Waals surface area contributed by atoms with E-state index in [1.165, 1.54) is 12.8 Å². The summed E-state index contributed by atoms with van der Waals surface area (Å²) in [6, 6.07) is 0.310. The van der Waals surface area contributed by atoms with Gasteiger partial charge >= 0.3 is 0 Å². The van der Waals surface area contributed by atoms with E-state index in [0.29, 0.717) is 24.9 Å². The number of hydrogen-bond donors (Lipinski definition) is 2. The van der Waals surface area contributed by atoms with E-state index in [1.807, 2.05) is 13.8 Å². The van der Waals surface area contributed by atoms with E-state index in [-0.39, 0.29) is 5.91 Å². The Morgan fingerprint density at radius 2 is 2.25 bits per heavy atom. The molecular weight excluding hydrogens is 256 g/mol. The van der Waals surface area contributed by atoms with Crippen LogP contribution in [0.5, 0.6) is 5.75 Å². The third-order valence-electron chi connectivity index (χ3n) is 3.76. The van der Waals surface area contributed by atoms with Crippen molar-refractivity contribution in [2.24, 2.45) is 5.73 Å². The largest absolute Gasteiger partial charge is 0.489 e. The zero-order valence-corrected chi connectivity index (χ0v) is 12.3. The highest BCUT2D eigenvalue weighted by Gasteiger charge is 2.32. The number of nitrogens with zero attached hydrogens (tertiary/aromatic N) is 2. The fraction of sp³-hybridized carbons (Fsp3) is 0.714. The lowest BCUT2D eigenvalue weighted by Crippen LogP contribution is -2.47. The van der Waals surface area contributed by atoms with Crippen molar-refractivity contribution in [2.45, 2.75) is 51.1 Å². The van der Waals surface area contributed by atoms with Gasteiger partial charge in [0.05, 0.1) is 12.4 Å². The number of amides is 1. The molecule has 0 bridgehead atoms. The second-order valence-electron chi connectivity index (χ2n) is 5.77. The zero-order chi connectivity index (χ0) is 14.6. The highest BCUT2D eigenvalue weighted by atomic mass is 16.5. The minimum atomic E-state index is -0.729. The van der Waals surface area contributed by atoms with Gasteiger partial charge in [-0.3, -0.25) is 9.48 Å². The Hall–Kier alpha value is -1.56. The van der Waals surface area contributed by atoms with Gasteiger partial charge in [0.15, 0.2) is 5.75 Å². The van der Waals surface area contributed by atoms with Crippen LogP contribution in [0.15, 0.2) is 12.4 Å². The first-order valence-electron chi connectivity index (χ1n) is 7.23. The molecule has 20 heavy (non-hydrogen) atoms. The highest BCUT2D eigenvalue weighted by molar-refractivity contribution is 5.83.